The Hall–Kier alpha value is -1.32. The molecule has 0 aliphatic heterocycles. The van der Waals surface area contributed by atoms with Crippen molar-refractivity contribution in [1.82, 2.24) is 13.5 Å². The van der Waals surface area contributed by atoms with Crippen LogP contribution in [-0.4, -0.2) is 31.9 Å². The number of rotatable bonds is 2. The maximum absolute atomic E-state index is 11.5. The molecule has 0 radical (unpaired) electrons. The number of aromatic nitrogens is 2. The molecule has 1 rings (SSSR count). The fourth-order valence-electron chi connectivity index (χ4n) is 1.06. The Labute approximate surface area is 88.5 Å². The number of nitrogens with one attached hydrogen (secondary N) is 1. The lowest BCUT2D eigenvalue weighted by molar-refractivity contribution is 0.684. The highest BCUT2D eigenvalue weighted by Crippen LogP contribution is 1.81. The summed E-state index contributed by atoms with van der Waals surface area (Å²) in [6.07, 6.45) is 2.88. The highest BCUT2D eigenvalue weighted by Gasteiger charge is 2.03. The van der Waals surface area contributed by atoms with E-state index in [0.29, 0.717) is 5.56 Å². The molecule has 0 spiro atoms. The van der Waals surface area contributed by atoms with Crippen LogP contribution in [0.15, 0.2) is 20.9 Å². The summed E-state index contributed by atoms with van der Waals surface area (Å²) >= 11 is 0.717. The summed E-state index contributed by atoms with van der Waals surface area (Å²) in [6.45, 7) is 0. The number of hydrogen-bond acceptors (Lipinski definition) is 4. The van der Waals surface area contributed by atoms with Crippen molar-refractivity contribution in [3.8, 4) is 0 Å². The average Bonchev–Trinajstić information content (AvgIpc) is 2.18. The Balaban J connectivity index is 3.41. The van der Waals surface area contributed by atoms with E-state index in [-0.39, 0.29) is 11.2 Å². The maximum atomic E-state index is 11.5. The van der Waals surface area contributed by atoms with Gasteiger partial charge in [0.05, 0.1) is 11.8 Å². The molecule has 7 heteroatoms. The minimum Gasteiger partial charge on any atom is -0.406 e. The molecule has 0 unspecified atom stereocenters. The van der Waals surface area contributed by atoms with Crippen LogP contribution in [0.25, 0.3) is 0 Å². The van der Waals surface area contributed by atoms with Gasteiger partial charge in [-0.2, -0.15) is 0 Å². The zero-order chi connectivity index (χ0) is 10.7. The summed E-state index contributed by atoms with van der Waals surface area (Å²) in [6, 6.07) is 0. The highest BCUT2D eigenvalue weighted by atomic mass is 27.1. The second-order valence-electron chi connectivity index (χ2n) is 2.82. The molecule has 0 aliphatic carbocycles. The minimum atomic E-state index is -0.342. The Morgan fingerprint density at radius 1 is 1.50 bits per heavy atom. The topological polar surface area (TPSA) is 68.4 Å². The van der Waals surface area contributed by atoms with Gasteiger partial charge >= 0.3 is 22.2 Å². The summed E-state index contributed by atoms with van der Waals surface area (Å²) in [7, 11) is 3.03. The van der Waals surface area contributed by atoms with Crippen LogP contribution in [0.2, 0.25) is 0 Å². The van der Waals surface area contributed by atoms with Crippen molar-refractivity contribution in [3.05, 3.63) is 32.6 Å². The van der Waals surface area contributed by atoms with Gasteiger partial charge in [0.25, 0.3) is 5.56 Å². The average molecular weight is 210 g/mol. The standard InChI is InChI=1S/C7H9N4O2.Al.2H/c1-10-4-5(3-9-8)6(12)11(2)7(10)13;;;/h3-4,8H,1-2H3;;;/q-1;+1;;/b9-3+;;;. The number of aryl methyl sites for hydroxylation is 1. The van der Waals surface area contributed by atoms with E-state index in [4.69, 9.17) is 0 Å². The van der Waals surface area contributed by atoms with E-state index in [1.165, 1.54) is 24.0 Å². The SMILES string of the molecule is Cn1cc(/C=N/[NH][AlH2])c(=O)n(C)c1=O. The van der Waals surface area contributed by atoms with Gasteiger partial charge in [0.2, 0.25) is 0 Å². The molecule has 0 aliphatic rings. The minimum absolute atomic E-state index is 0.339. The van der Waals surface area contributed by atoms with Crippen LogP contribution in [-0.2, 0) is 14.1 Å². The first-order chi connectivity index (χ1) is 6.57. The third-order valence-corrected chi connectivity index (χ3v) is 2.06. The quantitative estimate of drug-likeness (QED) is 0.335. The van der Waals surface area contributed by atoms with Gasteiger partial charge in [0.1, 0.15) is 0 Å². The fourth-order valence-corrected chi connectivity index (χ4v) is 1.19. The third kappa shape index (κ3) is 1.95. The molecule has 0 fully saturated rings. The first-order valence-electron chi connectivity index (χ1n) is 4.04. The molecule has 74 valence electrons. The maximum Gasteiger partial charge on any atom is 0.384 e. The van der Waals surface area contributed by atoms with Crippen molar-refractivity contribution in [2.75, 3.05) is 0 Å². The smallest absolute Gasteiger partial charge is 0.384 e. The van der Waals surface area contributed by atoms with Crippen molar-refractivity contribution in [1.29, 1.82) is 0 Å². The Morgan fingerprint density at radius 3 is 2.71 bits per heavy atom. The Kier molecular flexibility index (Phi) is 3.28. The summed E-state index contributed by atoms with van der Waals surface area (Å²) in [5.41, 5.74) is -0.294. The second-order valence-corrected chi connectivity index (χ2v) is 3.27. The van der Waals surface area contributed by atoms with Crippen molar-refractivity contribution >= 4 is 22.7 Å². The second kappa shape index (κ2) is 4.26. The lowest BCUT2D eigenvalue weighted by Gasteiger charge is -2.02. The van der Waals surface area contributed by atoms with Crippen LogP contribution in [0.5, 0.6) is 0 Å². The number of hydrazone groups is 1. The molecule has 1 aromatic heterocycles. The normalized spacial score (nSPS) is 10.7. The van der Waals surface area contributed by atoms with E-state index in [0.717, 1.165) is 21.1 Å². The van der Waals surface area contributed by atoms with Gasteiger partial charge in [0, 0.05) is 20.3 Å². The van der Waals surface area contributed by atoms with Gasteiger partial charge in [-0.1, -0.05) is 0 Å². The molecule has 14 heavy (non-hydrogen) atoms. The summed E-state index contributed by atoms with van der Waals surface area (Å²) in [5.74, 6) is 0. The van der Waals surface area contributed by atoms with Gasteiger partial charge in [-0.25, -0.2) is 9.90 Å². The molecule has 0 saturated heterocycles. The van der Waals surface area contributed by atoms with Crippen LogP contribution in [0.4, 0.5) is 0 Å². The van der Waals surface area contributed by atoms with E-state index >= 15 is 0 Å². The molecule has 1 heterocycles. The number of hydrogen-bond donors (Lipinski definition) is 1. The fraction of sp³-hybridized carbons (Fsp3) is 0.286. The van der Waals surface area contributed by atoms with Crippen LogP contribution < -0.4 is 15.7 Å². The highest BCUT2D eigenvalue weighted by molar-refractivity contribution is 6.04. The molecule has 0 amide bonds. The molecule has 0 aromatic carbocycles. The molecule has 0 saturated carbocycles. The van der Waals surface area contributed by atoms with Crippen molar-refractivity contribution in [3.63, 3.8) is 0 Å². The molecular weight excluding hydrogens is 199 g/mol. The zero-order valence-electron chi connectivity index (χ0n) is 8.31. The van der Waals surface area contributed by atoms with E-state index in [9.17, 15) is 9.59 Å². The van der Waals surface area contributed by atoms with Crippen LogP contribution in [0.1, 0.15) is 5.56 Å². The van der Waals surface area contributed by atoms with E-state index in [1.807, 2.05) is 0 Å². The van der Waals surface area contributed by atoms with Gasteiger partial charge in [-0.3, -0.25) is 9.36 Å². The summed E-state index contributed by atoms with van der Waals surface area (Å²) < 4.78 is 5.06. The van der Waals surface area contributed by atoms with Gasteiger partial charge in [0.15, 0.2) is 0 Å². The van der Waals surface area contributed by atoms with Crippen molar-refractivity contribution in [2.45, 2.75) is 0 Å². The van der Waals surface area contributed by atoms with E-state index in [2.05, 4.69) is 9.51 Å². The van der Waals surface area contributed by atoms with E-state index in [1.54, 1.807) is 7.05 Å². The first-order valence-corrected chi connectivity index (χ1v) is 5.04. The van der Waals surface area contributed by atoms with Gasteiger partial charge < -0.3 is 8.98 Å². The summed E-state index contributed by atoms with van der Waals surface area (Å²) in [5, 5.41) is 3.77. The van der Waals surface area contributed by atoms with Crippen molar-refractivity contribution < 1.29 is 0 Å². The Bertz CT molecular complexity index is 474. The van der Waals surface area contributed by atoms with Gasteiger partial charge in [-0.05, 0) is 0 Å². The predicted molar refractivity (Wildman–Crippen MR) is 56.2 cm³/mol. The Morgan fingerprint density at radius 2 is 2.14 bits per heavy atom. The summed E-state index contributed by atoms with van der Waals surface area (Å²) in [4.78, 5) is 22.8. The van der Waals surface area contributed by atoms with Crippen molar-refractivity contribution in [2.24, 2.45) is 19.2 Å². The molecule has 0 bridgehead atoms. The van der Waals surface area contributed by atoms with Gasteiger partial charge in [-0.15, -0.1) is 0 Å². The third-order valence-electron chi connectivity index (χ3n) is 1.81. The monoisotopic (exact) mass is 210 g/mol. The predicted octanol–water partition coefficient (Wildman–Crippen LogP) is -2.44. The first kappa shape index (κ1) is 10.8. The lowest BCUT2D eigenvalue weighted by atomic mass is 10.3. The lowest BCUT2D eigenvalue weighted by Crippen LogP contribution is -2.38. The molecule has 6 nitrogen and oxygen atoms in total. The molecule has 1 aromatic rings. The molecule has 1 N–H and O–H groups in total. The largest absolute Gasteiger partial charge is 0.406 e. The molecule has 0 atom stereocenters. The molecular formula is C7H11AlN4O2. The van der Waals surface area contributed by atoms with Crippen LogP contribution in [0, 0.1) is 0 Å². The van der Waals surface area contributed by atoms with Crippen LogP contribution >= 0.6 is 0 Å². The van der Waals surface area contributed by atoms with E-state index < -0.39 is 0 Å². The van der Waals surface area contributed by atoms with Crippen LogP contribution in [0.3, 0.4) is 0 Å². The zero-order valence-corrected chi connectivity index (χ0v) is 10.3. The number of nitrogens with zero attached hydrogens (tertiary/aromatic N) is 3.